The topological polar surface area (TPSA) is 106 Å². The maximum atomic E-state index is 12.3. The van der Waals surface area contributed by atoms with Gasteiger partial charge in [-0.25, -0.2) is 8.42 Å². The molecule has 1 aromatic heterocycles. The van der Waals surface area contributed by atoms with Crippen molar-refractivity contribution in [2.24, 2.45) is 5.73 Å². The molecular formula is C18H20N2O4S2. The third-order valence-corrected chi connectivity index (χ3v) is 7.31. The summed E-state index contributed by atoms with van der Waals surface area (Å²) in [6, 6.07) is 8.03. The molecule has 138 valence electrons. The highest BCUT2D eigenvalue weighted by Crippen LogP contribution is 2.37. The highest BCUT2D eigenvalue weighted by molar-refractivity contribution is 7.91. The Labute approximate surface area is 156 Å². The lowest BCUT2D eigenvalue weighted by atomic mass is 9.95. The van der Waals surface area contributed by atoms with E-state index in [1.807, 2.05) is 0 Å². The first-order chi connectivity index (χ1) is 12.4. The van der Waals surface area contributed by atoms with Gasteiger partial charge in [0.25, 0.3) is 5.91 Å². The van der Waals surface area contributed by atoms with Gasteiger partial charge < -0.3 is 11.1 Å². The first-order valence-corrected chi connectivity index (χ1v) is 10.9. The minimum Gasteiger partial charge on any atom is -0.365 e. The SMILES string of the molecule is NC(=O)c1c(NC(=O)CCS(=O)(=O)c2ccccc2)sc2c1CCCC2. The zero-order chi connectivity index (χ0) is 18.7. The minimum atomic E-state index is -3.53. The van der Waals surface area contributed by atoms with Crippen molar-refractivity contribution >= 4 is 38.0 Å². The Morgan fingerprint density at radius 1 is 1.12 bits per heavy atom. The normalized spacial score (nSPS) is 13.8. The highest BCUT2D eigenvalue weighted by atomic mass is 32.2. The van der Waals surface area contributed by atoms with Crippen LogP contribution in [-0.2, 0) is 27.5 Å². The molecule has 0 spiro atoms. The highest BCUT2D eigenvalue weighted by Gasteiger charge is 2.25. The van der Waals surface area contributed by atoms with E-state index in [0.717, 1.165) is 36.1 Å². The summed E-state index contributed by atoms with van der Waals surface area (Å²) in [6.45, 7) is 0. The van der Waals surface area contributed by atoms with Gasteiger partial charge in [-0.3, -0.25) is 9.59 Å². The maximum absolute atomic E-state index is 12.3. The number of sulfone groups is 1. The largest absolute Gasteiger partial charge is 0.365 e. The number of aryl methyl sites for hydroxylation is 1. The molecule has 6 nitrogen and oxygen atoms in total. The molecule has 1 heterocycles. The van der Waals surface area contributed by atoms with E-state index in [9.17, 15) is 18.0 Å². The number of primary amides is 1. The number of hydrogen-bond donors (Lipinski definition) is 2. The van der Waals surface area contributed by atoms with Gasteiger partial charge in [0.2, 0.25) is 5.91 Å². The average Bonchev–Trinajstić information content (AvgIpc) is 2.98. The predicted octanol–water partition coefficient (Wildman–Crippen LogP) is 2.53. The number of hydrogen-bond acceptors (Lipinski definition) is 5. The second-order valence-corrected chi connectivity index (χ2v) is 9.42. The van der Waals surface area contributed by atoms with Crippen molar-refractivity contribution in [3.05, 3.63) is 46.3 Å². The summed E-state index contributed by atoms with van der Waals surface area (Å²) < 4.78 is 24.5. The summed E-state index contributed by atoms with van der Waals surface area (Å²) in [4.78, 5) is 25.3. The molecule has 0 atom stereocenters. The number of rotatable bonds is 6. The number of thiophene rings is 1. The van der Waals surface area contributed by atoms with Crippen LogP contribution in [0.1, 0.15) is 40.1 Å². The molecule has 26 heavy (non-hydrogen) atoms. The van der Waals surface area contributed by atoms with Gasteiger partial charge in [-0.2, -0.15) is 0 Å². The van der Waals surface area contributed by atoms with Gasteiger partial charge in [0.05, 0.1) is 16.2 Å². The average molecular weight is 393 g/mol. The second kappa shape index (κ2) is 7.59. The van der Waals surface area contributed by atoms with E-state index < -0.39 is 21.7 Å². The van der Waals surface area contributed by atoms with E-state index in [-0.39, 0.29) is 17.1 Å². The number of benzene rings is 1. The van der Waals surface area contributed by atoms with Gasteiger partial charge >= 0.3 is 0 Å². The van der Waals surface area contributed by atoms with E-state index in [2.05, 4.69) is 5.32 Å². The van der Waals surface area contributed by atoms with Gasteiger partial charge in [0.15, 0.2) is 9.84 Å². The van der Waals surface area contributed by atoms with Crippen LogP contribution in [0.4, 0.5) is 5.00 Å². The Hall–Kier alpha value is -2.19. The van der Waals surface area contributed by atoms with Gasteiger partial charge in [-0.1, -0.05) is 18.2 Å². The van der Waals surface area contributed by atoms with E-state index in [1.165, 1.54) is 23.5 Å². The third kappa shape index (κ3) is 3.96. The van der Waals surface area contributed by atoms with Crippen molar-refractivity contribution in [2.75, 3.05) is 11.1 Å². The van der Waals surface area contributed by atoms with Crippen molar-refractivity contribution in [3.8, 4) is 0 Å². The number of carbonyl (C=O) groups excluding carboxylic acids is 2. The van der Waals surface area contributed by atoms with Crippen molar-refractivity contribution in [1.29, 1.82) is 0 Å². The van der Waals surface area contributed by atoms with Crippen LogP contribution in [0.3, 0.4) is 0 Å². The first kappa shape index (κ1) is 18.6. The van der Waals surface area contributed by atoms with E-state index in [0.29, 0.717) is 10.6 Å². The van der Waals surface area contributed by atoms with Gasteiger partial charge in [-0.15, -0.1) is 11.3 Å². The second-order valence-electron chi connectivity index (χ2n) is 6.21. The lowest BCUT2D eigenvalue weighted by molar-refractivity contribution is -0.115. The third-order valence-electron chi connectivity index (χ3n) is 4.37. The molecule has 1 aliphatic carbocycles. The molecule has 2 aromatic rings. The molecule has 3 N–H and O–H groups in total. The molecule has 0 unspecified atom stereocenters. The van der Waals surface area contributed by atoms with Crippen molar-refractivity contribution < 1.29 is 18.0 Å². The summed E-state index contributed by atoms with van der Waals surface area (Å²) in [5, 5.41) is 3.12. The van der Waals surface area contributed by atoms with Gasteiger partial charge in [0, 0.05) is 11.3 Å². The molecule has 1 aromatic carbocycles. The van der Waals surface area contributed by atoms with Crippen LogP contribution in [0.25, 0.3) is 0 Å². The fourth-order valence-electron chi connectivity index (χ4n) is 3.08. The quantitative estimate of drug-likeness (QED) is 0.788. The van der Waals surface area contributed by atoms with Crippen LogP contribution in [-0.4, -0.2) is 26.0 Å². The van der Waals surface area contributed by atoms with Crippen LogP contribution in [0.5, 0.6) is 0 Å². The van der Waals surface area contributed by atoms with Crippen molar-refractivity contribution in [2.45, 2.75) is 37.0 Å². The Morgan fingerprint density at radius 2 is 1.81 bits per heavy atom. The monoisotopic (exact) mass is 392 g/mol. The molecule has 8 heteroatoms. The molecule has 0 saturated heterocycles. The number of fused-ring (bicyclic) bond motifs is 1. The Morgan fingerprint density at radius 3 is 2.50 bits per heavy atom. The summed E-state index contributed by atoms with van der Waals surface area (Å²) in [6.07, 6.45) is 3.51. The Balaban J connectivity index is 1.71. The minimum absolute atomic E-state index is 0.183. The fourth-order valence-corrected chi connectivity index (χ4v) is 5.65. The number of nitrogens with one attached hydrogen (secondary N) is 1. The van der Waals surface area contributed by atoms with Crippen LogP contribution >= 0.6 is 11.3 Å². The molecule has 0 radical (unpaired) electrons. The molecular weight excluding hydrogens is 372 g/mol. The number of carbonyl (C=O) groups is 2. The summed E-state index contributed by atoms with van der Waals surface area (Å²) in [5.74, 6) is -1.29. The van der Waals surface area contributed by atoms with E-state index in [1.54, 1.807) is 18.2 Å². The number of nitrogens with two attached hydrogens (primary N) is 1. The number of anilines is 1. The standard InChI is InChI=1S/C18H20N2O4S2/c19-17(22)16-13-8-4-5-9-14(13)25-18(16)20-15(21)10-11-26(23,24)12-6-2-1-3-7-12/h1-3,6-7H,4-5,8-11H2,(H2,19,22)(H,20,21). The van der Waals surface area contributed by atoms with Crippen LogP contribution in [0, 0.1) is 0 Å². The van der Waals surface area contributed by atoms with E-state index >= 15 is 0 Å². The lowest BCUT2D eigenvalue weighted by Gasteiger charge is -2.11. The van der Waals surface area contributed by atoms with Gasteiger partial charge in [0.1, 0.15) is 5.00 Å². The summed E-state index contributed by atoms with van der Waals surface area (Å²) in [5.41, 5.74) is 6.81. The van der Waals surface area contributed by atoms with Crippen LogP contribution in [0.15, 0.2) is 35.2 Å². The predicted molar refractivity (Wildman–Crippen MR) is 101 cm³/mol. The van der Waals surface area contributed by atoms with Crippen LogP contribution in [0.2, 0.25) is 0 Å². The Kier molecular flexibility index (Phi) is 5.43. The zero-order valence-electron chi connectivity index (χ0n) is 14.2. The molecule has 3 rings (SSSR count). The summed E-state index contributed by atoms with van der Waals surface area (Å²) in [7, 11) is -3.53. The maximum Gasteiger partial charge on any atom is 0.251 e. The van der Waals surface area contributed by atoms with Gasteiger partial charge in [-0.05, 0) is 43.4 Å². The smallest absolute Gasteiger partial charge is 0.251 e. The summed E-state index contributed by atoms with van der Waals surface area (Å²) >= 11 is 1.37. The van der Waals surface area contributed by atoms with Crippen molar-refractivity contribution in [1.82, 2.24) is 0 Å². The van der Waals surface area contributed by atoms with E-state index in [4.69, 9.17) is 5.73 Å². The number of amides is 2. The fraction of sp³-hybridized carbons (Fsp3) is 0.333. The van der Waals surface area contributed by atoms with Crippen LogP contribution < -0.4 is 11.1 Å². The Bertz CT molecular complexity index is 934. The molecule has 0 saturated carbocycles. The molecule has 0 bridgehead atoms. The molecule has 0 fully saturated rings. The first-order valence-electron chi connectivity index (χ1n) is 8.40. The molecule has 2 amide bonds. The van der Waals surface area contributed by atoms with Crippen molar-refractivity contribution in [3.63, 3.8) is 0 Å². The molecule has 1 aliphatic rings. The lowest BCUT2D eigenvalue weighted by Crippen LogP contribution is -2.20. The zero-order valence-corrected chi connectivity index (χ0v) is 15.8. The molecule has 0 aliphatic heterocycles.